The lowest BCUT2D eigenvalue weighted by atomic mass is 10.0. The van der Waals surface area contributed by atoms with E-state index in [1.165, 1.54) is 0 Å². The van der Waals surface area contributed by atoms with Gasteiger partial charge in [-0.15, -0.1) is 0 Å². The fraction of sp³-hybridized carbons (Fsp3) is 0.235. The quantitative estimate of drug-likeness (QED) is 0.896. The van der Waals surface area contributed by atoms with Gasteiger partial charge in [-0.1, -0.05) is 42.5 Å². The summed E-state index contributed by atoms with van der Waals surface area (Å²) in [5.74, 6) is -0.0650. The van der Waals surface area contributed by atoms with Crippen molar-refractivity contribution in [2.24, 2.45) is 0 Å². The Hall–Kier alpha value is -1.65. The molecule has 0 spiro atoms. The molecule has 0 bridgehead atoms. The van der Waals surface area contributed by atoms with Crippen LogP contribution >= 0.6 is 15.9 Å². The molecule has 1 amide bonds. The molecular formula is C17H18BrNO2. The summed E-state index contributed by atoms with van der Waals surface area (Å²) < 4.78 is 0.776. The Bertz CT molecular complexity index is 601. The van der Waals surface area contributed by atoms with Crippen LogP contribution in [0.5, 0.6) is 0 Å². The molecule has 3 nitrogen and oxygen atoms in total. The maximum absolute atomic E-state index is 12.7. The standard InChI is InChI=1S/C17H18BrNO2/c1-19(17(21)14-9-5-6-10-15(14)18)16(11-12-20)13-7-3-2-4-8-13/h2-10,16,20H,11-12H2,1H3. The summed E-state index contributed by atoms with van der Waals surface area (Å²) >= 11 is 3.41. The SMILES string of the molecule is CN(C(=O)c1ccccc1Br)C(CCO)c1ccccc1. The van der Waals surface area contributed by atoms with E-state index in [1.54, 1.807) is 18.0 Å². The van der Waals surface area contributed by atoms with Crippen LogP contribution in [-0.2, 0) is 0 Å². The summed E-state index contributed by atoms with van der Waals surface area (Å²) in [4.78, 5) is 14.4. The van der Waals surface area contributed by atoms with Crippen molar-refractivity contribution in [2.45, 2.75) is 12.5 Å². The molecule has 0 radical (unpaired) electrons. The van der Waals surface area contributed by atoms with Gasteiger partial charge >= 0.3 is 0 Å². The highest BCUT2D eigenvalue weighted by Gasteiger charge is 2.23. The summed E-state index contributed by atoms with van der Waals surface area (Å²) in [7, 11) is 1.77. The van der Waals surface area contributed by atoms with Gasteiger partial charge in [0.05, 0.1) is 11.6 Å². The molecule has 0 saturated carbocycles. The molecule has 0 fully saturated rings. The van der Waals surface area contributed by atoms with E-state index >= 15 is 0 Å². The minimum absolute atomic E-state index is 0.0349. The van der Waals surface area contributed by atoms with Crippen molar-refractivity contribution >= 4 is 21.8 Å². The first-order chi connectivity index (χ1) is 10.1. The zero-order valence-electron chi connectivity index (χ0n) is 11.9. The third kappa shape index (κ3) is 3.71. The Morgan fingerprint density at radius 1 is 1.14 bits per heavy atom. The fourth-order valence-corrected chi connectivity index (χ4v) is 2.80. The average molecular weight is 348 g/mol. The van der Waals surface area contributed by atoms with Crippen molar-refractivity contribution < 1.29 is 9.90 Å². The normalized spacial score (nSPS) is 12.0. The lowest BCUT2D eigenvalue weighted by molar-refractivity contribution is 0.0704. The lowest BCUT2D eigenvalue weighted by Gasteiger charge is -2.28. The summed E-state index contributed by atoms with van der Waals surface area (Å²) in [6, 6.07) is 17.0. The number of aliphatic hydroxyl groups is 1. The second-order valence-electron chi connectivity index (χ2n) is 4.83. The number of hydrogen-bond acceptors (Lipinski definition) is 2. The number of carbonyl (C=O) groups excluding carboxylic acids is 1. The Balaban J connectivity index is 2.29. The smallest absolute Gasteiger partial charge is 0.255 e. The van der Waals surface area contributed by atoms with Crippen LogP contribution in [0.4, 0.5) is 0 Å². The number of halogens is 1. The molecule has 0 saturated heterocycles. The number of benzene rings is 2. The molecule has 2 rings (SSSR count). The molecule has 1 unspecified atom stereocenters. The molecule has 0 heterocycles. The van der Waals surface area contributed by atoms with Crippen molar-refractivity contribution in [2.75, 3.05) is 13.7 Å². The maximum atomic E-state index is 12.7. The maximum Gasteiger partial charge on any atom is 0.255 e. The van der Waals surface area contributed by atoms with Crippen LogP contribution in [0.2, 0.25) is 0 Å². The molecular weight excluding hydrogens is 330 g/mol. The monoisotopic (exact) mass is 347 g/mol. The fourth-order valence-electron chi connectivity index (χ4n) is 2.35. The molecule has 0 aliphatic rings. The van der Waals surface area contributed by atoms with E-state index in [-0.39, 0.29) is 18.6 Å². The molecule has 0 aromatic heterocycles. The predicted molar refractivity (Wildman–Crippen MR) is 87.1 cm³/mol. The van der Waals surface area contributed by atoms with Crippen LogP contribution in [0.25, 0.3) is 0 Å². The number of aliphatic hydroxyl groups excluding tert-OH is 1. The van der Waals surface area contributed by atoms with E-state index in [0.717, 1.165) is 10.0 Å². The van der Waals surface area contributed by atoms with Crippen LogP contribution in [0.15, 0.2) is 59.1 Å². The first-order valence-corrected chi connectivity index (χ1v) is 7.62. The number of rotatable bonds is 5. The third-order valence-electron chi connectivity index (χ3n) is 3.48. The molecule has 1 atom stereocenters. The van der Waals surface area contributed by atoms with E-state index in [0.29, 0.717) is 12.0 Å². The van der Waals surface area contributed by atoms with Gasteiger partial charge in [0.25, 0.3) is 5.91 Å². The number of nitrogens with zero attached hydrogens (tertiary/aromatic N) is 1. The number of amides is 1. The Morgan fingerprint density at radius 2 is 1.76 bits per heavy atom. The molecule has 2 aromatic rings. The van der Waals surface area contributed by atoms with Crippen molar-refractivity contribution in [3.05, 3.63) is 70.2 Å². The molecule has 0 aliphatic heterocycles. The third-order valence-corrected chi connectivity index (χ3v) is 4.17. The van der Waals surface area contributed by atoms with E-state index in [1.807, 2.05) is 48.5 Å². The van der Waals surface area contributed by atoms with Gasteiger partial charge in [-0.25, -0.2) is 0 Å². The summed E-state index contributed by atoms with van der Waals surface area (Å²) in [5.41, 5.74) is 1.65. The van der Waals surface area contributed by atoms with Gasteiger partial charge in [-0.2, -0.15) is 0 Å². The highest BCUT2D eigenvalue weighted by Crippen LogP contribution is 2.26. The molecule has 2 aromatic carbocycles. The van der Waals surface area contributed by atoms with Gasteiger partial charge in [-0.3, -0.25) is 4.79 Å². The van der Waals surface area contributed by atoms with Crippen LogP contribution < -0.4 is 0 Å². The van der Waals surface area contributed by atoms with E-state index in [2.05, 4.69) is 15.9 Å². The predicted octanol–water partition coefficient (Wildman–Crippen LogP) is 3.64. The second-order valence-corrected chi connectivity index (χ2v) is 5.69. The van der Waals surface area contributed by atoms with Gasteiger partial charge in [0, 0.05) is 18.1 Å². The summed E-state index contributed by atoms with van der Waals surface area (Å²) in [6.45, 7) is 0.0349. The van der Waals surface area contributed by atoms with Gasteiger partial charge in [0.2, 0.25) is 0 Å². The van der Waals surface area contributed by atoms with E-state index < -0.39 is 0 Å². The number of carbonyl (C=O) groups is 1. The summed E-state index contributed by atoms with van der Waals surface area (Å²) in [5, 5.41) is 9.31. The van der Waals surface area contributed by atoms with Gasteiger partial charge in [-0.05, 0) is 40.0 Å². The van der Waals surface area contributed by atoms with E-state index in [9.17, 15) is 9.90 Å². The Morgan fingerprint density at radius 3 is 2.38 bits per heavy atom. The van der Waals surface area contributed by atoms with Crippen LogP contribution in [0.1, 0.15) is 28.4 Å². The lowest BCUT2D eigenvalue weighted by Crippen LogP contribution is -2.32. The Labute approximate surface area is 133 Å². The molecule has 21 heavy (non-hydrogen) atoms. The molecule has 110 valence electrons. The topological polar surface area (TPSA) is 40.5 Å². The minimum atomic E-state index is -0.143. The molecule has 4 heteroatoms. The molecule has 1 N–H and O–H groups in total. The van der Waals surface area contributed by atoms with Crippen molar-refractivity contribution in [1.82, 2.24) is 4.90 Å². The van der Waals surface area contributed by atoms with Crippen molar-refractivity contribution in [1.29, 1.82) is 0 Å². The van der Waals surface area contributed by atoms with Crippen molar-refractivity contribution in [3.63, 3.8) is 0 Å². The Kier molecular flexibility index (Phi) is 5.53. The van der Waals surface area contributed by atoms with Gasteiger partial charge in [0.1, 0.15) is 0 Å². The number of hydrogen-bond donors (Lipinski definition) is 1. The average Bonchev–Trinajstić information content (AvgIpc) is 2.52. The zero-order chi connectivity index (χ0) is 15.2. The van der Waals surface area contributed by atoms with Crippen molar-refractivity contribution in [3.8, 4) is 0 Å². The molecule has 0 aliphatic carbocycles. The highest BCUT2D eigenvalue weighted by atomic mass is 79.9. The van der Waals surface area contributed by atoms with E-state index in [4.69, 9.17) is 0 Å². The van der Waals surface area contributed by atoms with Gasteiger partial charge in [0.15, 0.2) is 0 Å². The highest BCUT2D eigenvalue weighted by molar-refractivity contribution is 9.10. The largest absolute Gasteiger partial charge is 0.396 e. The minimum Gasteiger partial charge on any atom is -0.396 e. The van der Waals surface area contributed by atoms with Crippen LogP contribution in [0.3, 0.4) is 0 Å². The van der Waals surface area contributed by atoms with Crippen LogP contribution in [-0.4, -0.2) is 29.6 Å². The zero-order valence-corrected chi connectivity index (χ0v) is 13.5. The first kappa shape index (κ1) is 15.7. The van der Waals surface area contributed by atoms with Gasteiger partial charge < -0.3 is 10.0 Å². The van der Waals surface area contributed by atoms with Crippen LogP contribution in [0, 0.1) is 0 Å². The second kappa shape index (κ2) is 7.38. The first-order valence-electron chi connectivity index (χ1n) is 6.82. The summed E-state index contributed by atoms with van der Waals surface area (Å²) in [6.07, 6.45) is 0.511.